The second kappa shape index (κ2) is 3.73. The molecule has 1 aliphatic rings. The van der Waals surface area contributed by atoms with Crippen LogP contribution in [0.15, 0.2) is 0 Å². The van der Waals surface area contributed by atoms with Crippen molar-refractivity contribution in [3.05, 3.63) is 0 Å². The van der Waals surface area contributed by atoms with Gasteiger partial charge in [0.1, 0.15) is 6.17 Å². The molecule has 0 bridgehead atoms. The van der Waals surface area contributed by atoms with Gasteiger partial charge < -0.3 is 11.1 Å². The van der Waals surface area contributed by atoms with Gasteiger partial charge in [0.25, 0.3) is 0 Å². The number of nitrogens with one attached hydrogen (secondary N) is 1. The van der Waals surface area contributed by atoms with Gasteiger partial charge in [-0.15, -0.1) is 12.4 Å². The number of rotatable bonds is 1. The summed E-state index contributed by atoms with van der Waals surface area (Å²) >= 11 is 0. The van der Waals surface area contributed by atoms with E-state index in [1.165, 1.54) is 0 Å². The van der Waals surface area contributed by atoms with Crippen LogP contribution in [0, 0.1) is 0 Å². The molecule has 0 spiro atoms. The molecule has 2 atom stereocenters. The Labute approximate surface area is 64.6 Å². The predicted octanol–water partition coefficient (Wildman–Crippen LogP) is -0.407. The number of primary amides is 1. The van der Waals surface area contributed by atoms with Gasteiger partial charge in [0.05, 0.1) is 6.04 Å². The molecular weight excluding hydrogens is 159 g/mol. The first-order valence-electron chi connectivity index (χ1n) is 2.87. The molecule has 0 aliphatic carbocycles. The summed E-state index contributed by atoms with van der Waals surface area (Å²) in [6.07, 6.45) is -0.669. The van der Waals surface area contributed by atoms with Crippen LogP contribution in [0.1, 0.15) is 6.42 Å². The number of carbonyl (C=O) groups excluding carboxylic acids is 1. The summed E-state index contributed by atoms with van der Waals surface area (Å²) in [6, 6.07) is -0.444. The summed E-state index contributed by atoms with van der Waals surface area (Å²) in [5.41, 5.74) is 4.89. The molecule has 0 aromatic rings. The topological polar surface area (TPSA) is 55.1 Å². The predicted molar refractivity (Wildman–Crippen MR) is 37.7 cm³/mol. The molecule has 0 radical (unpaired) electrons. The molecule has 5 heteroatoms. The highest BCUT2D eigenvalue weighted by molar-refractivity contribution is 5.85. The molecule has 1 aliphatic heterocycles. The summed E-state index contributed by atoms with van der Waals surface area (Å²) in [7, 11) is 0. The van der Waals surface area contributed by atoms with Crippen molar-refractivity contribution in [1.29, 1.82) is 0 Å². The Morgan fingerprint density at radius 2 is 2.30 bits per heavy atom. The molecular formula is C5H10ClFN2O. The second-order valence-corrected chi connectivity index (χ2v) is 2.20. The third-order valence-corrected chi connectivity index (χ3v) is 1.42. The van der Waals surface area contributed by atoms with Crippen LogP contribution in [0.2, 0.25) is 0 Å². The molecule has 3 N–H and O–H groups in total. The number of alkyl halides is 1. The number of nitrogens with two attached hydrogens (primary N) is 1. The quantitative estimate of drug-likeness (QED) is 0.560. The van der Waals surface area contributed by atoms with Crippen LogP contribution in [0.25, 0.3) is 0 Å². The van der Waals surface area contributed by atoms with Crippen LogP contribution in [0.4, 0.5) is 4.39 Å². The smallest absolute Gasteiger partial charge is 0.234 e. The molecule has 3 nitrogen and oxygen atoms in total. The minimum Gasteiger partial charge on any atom is -0.368 e. The summed E-state index contributed by atoms with van der Waals surface area (Å²) in [5, 5.41) is 2.66. The van der Waals surface area contributed by atoms with Crippen molar-refractivity contribution >= 4 is 18.3 Å². The summed E-state index contributed by atoms with van der Waals surface area (Å²) in [6.45, 7) is 0.258. The fourth-order valence-electron chi connectivity index (χ4n) is 0.909. The van der Waals surface area contributed by atoms with Crippen LogP contribution in [-0.2, 0) is 4.79 Å². The van der Waals surface area contributed by atoms with Gasteiger partial charge >= 0.3 is 0 Å². The summed E-state index contributed by atoms with van der Waals surface area (Å²) < 4.78 is 12.3. The van der Waals surface area contributed by atoms with Crippen molar-refractivity contribution in [2.24, 2.45) is 5.73 Å². The molecule has 0 saturated carbocycles. The highest BCUT2D eigenvalue weighted by Gasteiger charge is 2.26. The summed E-state index contributed by atoms with van der Waals surface area (Å²) in [4.78, 5) is 10.3. The highest BCUT2D eigenvalue weighted by Crippen LogP contribution is 2.08. The first kappa shape index (κ1) is 9.65. The largest absolute Gasteiger partial charge is 0.368 e. The Kier molecular flexibility index (Phi) is 3.60. The first-order chi connectivity index (χ1) is 4.20. The lowest BCUT2D eigenvalue weighted by Crippen LogP contribution is -2.36. The van der Waals surface area contributed by atoms with Crippen LogP contribution < -0.4 is 11.1 Å². The van der Waals surface area contributed by atoms with E-state index >= 15 is 0 Å². The van der Waals surface area contributed by atoms with Gasteiger partial charge in [0, 0.05) is 13.0 Å². The molecule has 60 valence electrons. The van der Waals surface area contributed by atoms with E-state index in [2.05, 4.69) is 5.32 Å². The Bertz CT molecular complexity index is 133. The Balaban J connectivity index is 0.000000810. The zero-order chi connectivity index (χ0) is 6.85. The Morgan fingerprint density at radius 3 is 2.50 bits per heavy atom. The highest BCUT2D eigenvalue weighted by atomic mass is 35.5. The van der Waals surface area contributed by atoms with Crippen molar-refractivity contribution in [2.75, 3.05) is 6.54 Å². The molecule has 1 fully saturated rings. The number of hydrogen-bond donors (Lipinski definition) is 2. The van der Waals surface area contributed by atoms with Gasteiger partial charge in [-0.05, 0) is 0 Å². The van der Waals surface area contributed by atoms with Gasteiger partial charge in [-0.25, -0.2) is 4.39 Å². The molecule has 0 unspecified atom stereocenters. The van der Waals surface area contributed by atoms with Crippen LogP contribution in [0.5, 0.6) is 0 Å². The number of hydrogen-bond acceptors (Lipinski definition) is 2. The van der Waals surface area contributed by atoms with Gasteiger partial charge in [0.15, 0.2) is 0 Å². The molecule has 10 heavy (non-hydrogen) atoms. The van der Waals surface area contributed by atoms with Gasteiger partial charge in [0.2, 0.25) is 5.91 Å². The van der Waals surface area contributed by atoms with Crippen molar-refractivity contribution in [3.63, 3.8) is 0 Å². The molecule has 0 aromatic heterocycles. The number of carbonyl (C=O) groups is 1. The number of halogens is 2. The van der Waals surface area contributed by atoms with E-state index in [1.54, 1.807) is 0 Å². The van der Waals surface area contributed by atoms with Crippen LogP contribution in [-0.4, -0.2) is 24.7 Å². The van der Waals surface area contributed by atoms with E-state index in [1.807, 2.05) is 0 Å². The standard InChI is InChI=1S/C5H9FN2O.ClH/c6-3-1-4(5(7)9)8-2-3;/h3-4,8H,1-2H2,(H2,7,9);1H/t3-,4-;/m1./s1. The van der Waals surface area contributed by atoms with Gasteiger partial charge in [-0.1, -0.05) is 0 Å². The van der Waals surface area contributed by atoms with E-state index in [4.69, 9.17) is 5.73 Å². The maximum atomic E-state index is 12.3. The molecule has 0 aromatic carbocycles. The molecule has 1 amide bonds. The fourth-order valence-corrected chi connectivity index (χ4v) is 0.909. The SMILES string of the molecule is Cl.NC(=O)[C@H]1C[C@@H](F)CN1. The molecule has 1 rings (SSSR count). The third-order valence-electron chi connectivity index (χ3n) is 1.42. The monoisotopic (exact) mass is 168 g/mol. The van der Waals surface area contributed by atoms with Gasteiger partial charge in [-0.3, -0.25) is 4.79 Å². The minimum atomic E-state index is -0.900. The average molecular weight is 169 g/mol. The Hall–Kier alpha value is -0.350. The zero-order valence-electron chi connectivity index (χ0n) is 5.34. The fraction of sp³-hybridized carbons (Fsp3) is 0.800. The Morgan fingerprint density at radius 1 is 1.70 bits per heavy atom. The average Bonchev–Trinajstić information content (AvgIpc) is 2.14. The van der Waals surface area contributed by atoms with E-state index in [-0.39, 0.29) is 25.4 Å². The lowest BCUT2D eigenvalue weighted by molar-refractivity contribution is -0.119. The lowest BCUT2D eigenvalue weighted by atomic mass is 10.2. The molecule has 1 heterocycles. The van der Waals surface area contributed by atoms with Gasteiger partial charge in [-0.2, -0.15) is 0 Å². The second-order valence-electron chi connectivity index (χ2n) is 2.20. The normalized spacial score (nSPS) is 31.3. The van der Waals surface area contributed by atoms with Crippen molar-refractivity contribution in [1.82, 2.24) is 5.32 Å². The van der Waals surface area contributed by atoms with Crippen molar-refractivity contribution in [2.45, 2.75) is 18.6 Å². The van der Waals surface area contributed by atoms with Crippen molar-refractivity contribution in [3.8, 4) is 0 Å². The van der Waals surface area contributed by atoms with Crippen LogP contribution in [0.3, 0.4) is 0 Å². The third kappa shape index (κ3) is 2.11. The number of amides is 1. The maximum absolute atomic E-state index is 12.3. The maximum Gasteiger partial charge on any atom is 0.234 e. The minimum absolute atomic E-state index is 0. The van der Waals surface area contributed by atoms with E-state index in [0.717, 1.165) is 0 Å². The first-order valence-corrected chi connectivity index (χ1v) is 2.87. The zero-order valence-corrected chi connectivity index (χ0v) is 6.16. The van der Waals surface area contributed by atoms with E-state index in [9.17, 15) is 9.18 Å². The van der Waals surface area contributed by atoms with Crippen LogP contribution >= 0.6 is 12.4 Å². The van der Waals surface area contributed by atoms with E-state index < -0.39 is 18.1 Å². The summed E-state index contributed by atoms with van der Waals surface area (Å²) in [5.74, 6) is -0.463. The molecule has 1 saturated heterocycles. The van der Waals surface area contributed by atoms with Crippen molar-refractivity contribution < 1.29 is 9.18 Å². The lowest BCUT2D eigenvalue weighted by Gasteiger charge is -2.00. The van der Waals surface area contributed by atoms with E-state index in [0.29, 0.717) is 0 Å².